The third-order valence-electron chi connectivity index (χ3n) is 0.566. The molecule has 0 saturated heterocycles. The van der Waals surface area contributed by atoms with Gasteiger partial charge < -0.3 is 13.2 Å². The average molecular weight is 406 g/mol. The molecule has 0 unspecified atom stereocenters. The summed E-state index contributed by atoms with van der Waals surface area (Å²) in [4.78, 5) is 3.78. The summed E-state index contributed by atoms with van der Waals surface area (Å²) in [6.07, 6.45) is 3.50. The van der Waals surface area contributed by atoms with Gasteiger partial charge in [0.15, 0.2) is 0 Å². The van der Waals surface area contributed by atoms with Crippen molar-refractivity contribution in [2.75, 3.05) is 6.54 Å². The summed E-state index contributed by atoms with van der Waals surface area (Å²) < 4.78 is 0. The maximum absolute atomic E-state index is 4.85. The van der Waals surface area contributed by atoms with Crippen LogP contribution in [0, 0.1) is 7.43 Å². The van der Waals surface area contributed by atoms with Crippen molar-refractivity contribution in [3.05, 3.63) is 38.0 Å². The third-order valence-corrected chi connectivity index (χ3v) is 0.566. The number of nitrogens with two attached hydrogens (primary N) is 1. The normalized spacial score (nSPS) is 6.00. The van der Waals surface area contributed by atoms with Crippen LogP contribution in [0.3, 0.4) is 0 Å². The fourth-order valence-corrected chi connectivity index (χ4v) is 0.313. The second-order valence-corrected chi connectivity index (χ2v) is 1.43. The quantitative estimate of drug-likeness (QED) is 0.664. The van der Waals surface area contributed by atoms with Gasteiger partial charge in [-0.25, -0.2) is 0 Å². The summed E-state index contributed by atoms with van der Waals surface area (Å²) in [6, 6.07) is 5.72. The molecule has 0 bridgehead atoms. The molecule has 3 heteroatoms. The molecule has 2 nitrogen and oxygen atoms in total. The standard InChI is InChI=1S/C5H5N.C2H7N.CH3.Rf/c1-2-4-6-5-3-1;1-2-3;;/h1-5H;2-3H2,1H3;1H3;/q;;-1;. The SMILES string of the molecule is CCN.[CH3-].[Rf].c1ccncc1. The minimum Gasteiger partial charge on any atom is -0.358 e. The van der Waals surface area contributed by atoms with Gasteiger partial charge in [0.05, 0.1) is 0 Å². The van der Waals surface area contributed by atoms with Crippen LogP contribution < -0.4 is 5.73 Å². The van der Waals surface area contributed by atoms with Crippen LogP contribution in [0.1, 0.15) is 6.92 Å². The van der Waals surface area contributed by atoms with Crippen molar-refractivity contribution in [3.8, 4) is 0 Å². The van der Waals surface area contributed by atoms with Gasteiger partial charge in [-0.1, -0.05) is 13.0 Å². The predicted molar refractivity (Wildman–Crippen MR) is 45.4 cm³/mol. The van der Waals surface area contributed by atoms with E-state index in [1.54, 1.807) is 12.4 Å². The van der Waals surface area contributed by atoms with E-state index in [1.165, 1.54) is 0 Å². The first kappa shape index (κ1) is 16.1. The van der Waals surface area contributed by atoms with Crippen LogP contribution in [0.15, 0.2) is 30.6 Å². The Labute approximate surface area is 63.1 Å². The minimum absolute atomic E-state index is 0. The van der Waals surface area contributed by atoms with Crippen molar-refractivity contribution >= 4 is 0 Å². The molecule has 0 spiro atoms. The van der Waals surface area contributed by atoms with Gasteiger partial charge in [0.25, 0.3) is 0 Å². The Kier molecular flexibility index (Phi) is 22.9. The average Bonchev–Trinajstić information content (AvgIpc) is 1.93. The Morgan fingerprint density at radius 3 is 1.64 bits per heavy atom. The Balaban J connectivity index is -0.000000116. The fraction of sp³-hybridized carbons (Fsp3) is 0.250. The van der Waals surface area contributed by atoms with Gasteiger partial charge in [-0.05, 0) is 18.7 Å². The molecule has 1 aromatic heterocycles. The molecule has 0 saturated carbocycles. The van der Waals surface area contributed by atoms with E-state index in [1.807, 2.05) is 25.1 Å². The molecule has 1 heterocycles. The number of nitrogens with zero attached hydrogens (tertiary/aromatic N) is 1. The molecule has 11 heavy (non-hydrogen) atoms. The van der Waals surface area contributed by atoms with Gasteiger partial charge in [0, 0.05) is 12.4 Å². The van der Waals surface area contributed by atoms with Crippen molar-refractivity contribution in [1.82, 2.24) is 4.98 Å². The molecule has 60 valence electrons. The van der Waals surface area contributed by atoms with Crippen LogP contribution in [0.4, 0.5) is 0 Å². The molecular formula is C8H15N2Rf-. The molecule has 0 amide bonds. The van der Waals surface area contributed by atoms with E-state index in [4.69, 9.17) is 5.73 Å². The first-order valence-corrected chi connectivity index (χ1v) is 2.97. The summed E-state index contributed by atoms with van der Waals surface area (Å²) in [7, 11) is 0. The van der Waals surface area contributed by atoms with Crippen LogP contribution in [0.2, 0.25) is 0 Å². The van der Waals surface area contributed by atoms with Crippen LogP contribution in [-0.2, 0) is 0 Å². The Morgan fingerprint density at radius 2 is 1.55 bits per heavy atom. The predicted octanol–water partition coefficient (Wildman–Crippen LogP) is 1.50. The van der Waals surface area contributed by atoms with Gasteiger partial charge >= 0.3 is 0 Å². The number of pyridine rings is 1. The summed E-state index contributed by atoms with van der Waals surface area (Å²) >= 11 is 0. The summed E-state index contributed by atoms with van der Waals surface area (Å²) in [6.45, 7) is 2.65. The second kappa shape index (κ2) is 15.7. The van der Waals surface area contributed by atoms with Gasteiger partial charge in [0.1, 0.15) is 0 Å². The van der Waals surface area contributed by atoms with Gasteiger partial charge in [-0.2, -0.15) is 0 Å². The first-order chi connectivity index (χ1) is 4.41. The smallest absolute Gasteiger partial charge is 0.0267 e. The maximum atomic E-state index is 4.85. The van der Waals surface area contributed by atoms with Gasteiger partial charge in [-0.3, -0.25) is 4.98 Å². The zero-order chi connectivity index (χ0) is 6.95. The number of hydrogen-bond donors (Lipinski definition) is 1. The van der Waals surface area contributed by atoms with Crippen molar-refractivity contribution in [3.63, 3.8) is 0 Å². The summed E-state index contributed by atoms with van der Waals surface area (Å²) in [5, 5.41) is 0. The maximum Gasteiger partial charge on any atom is 0.0267 e. The molecule has 0 aromatic carbocycles. The van der Waals surface area contributed by atoms with E-state index < -0.39 is 0 Å². The molecule has 1 aromatic rings. The van der Waals surface area contributed by atoms with Crippen molar-refractivity contribution in [1.29, 1.82) is 0 Å². The van der Waals surface area contributed by atoms with E-state index >= 15 is 0 Å². The van der Waals surface area contributed by atoms with Crippen molar-refractivity contribution < 1.29 is 0 Å². The van der Waals surface area contributed by atoms with Crippen LogP contribution >= 0.6 is 0 Å². The summed E-state index contributed by atoms with van der Waals surface area (Å²) in [5.74, 6) is 0. The Morgan fingerprint density at radius 1 is 1.18 bits per heavy atom. The van der Waals surface area contributed by atoms with E-state index in [9.17, 15) is 0 Å². The monoisotopic (exact) mass is 406 g/mol. The molecule has 0 aliphatic carbocycles. The minimum atomic E-state index is 0. The zero-order valence-electron chi connectivity index (χ0n) is 7.33. The van der Waals surface area contributed by atoms with Gasteiger partial charge in [-0.15, -0.1) is 0 Å². The van der Waals surface area contributed by atoms with Gasteiger partial charge in [0.2, 0.25) is 0 Å². The zero-order valence-corrected chi connectivity index (χ0v) is 13.7. The molecular weight excluding hydrogens is 391 g/mol. The van der Waals surface area contributed by atoms with E-state index in [0.29, 0.717) is 0 Å². The topological polar surface area (TPSA) is 38.9 Å². The van der Waals surface area contributed by atoms with Crippen LogP contribution in [0.5, 0.6) is 0 Å². The number of aromatic nitrogens is 1. The second-order valence-electron chi connectivity index (χ2n) is 1.43. The molecule has 0 aliphatic rings. The number of hydrogen-bond acceptors (Lipinski definition) is 2. The van der Waals surface area contributed by atoms with Crippen LogP contribution in [-0.4, -0.2) is 11.5 Å². The van der Waals surface area contributed by atoms with E-state index in [-0.39, 0.29) is 7.43 Å². The van der Waals surface area contributed by atoms with Crippen LogP contribution in [0.25, 0.3) is 0 Å². The third kappa shape index (κ3) is 17.9. The molecule has 0 fully saturated rings. The van der Waals surface area contributed by atoms with Crippen molar-refractivity contribution in [2.45, 2.75) is 6.92 Å². The fourth-order valence-electron chi connectivity index (χ4n) is 0.313. The molecule has 2 N–H and O–H groups in total. The van der Waals surface area contributed by atoms with Crippen molar-refractivity contribution in [2.24, 2.45) is 5.73 Å². The Bertz CT molecular complexity index is 94.9. The Hall–Kier alpha value is -1.89. The molecule has 1 rings (SSSR count). The largest absolute Gasteiger partial charge is 0.358 e. The summed E-state index contributed by atoms with van der Waals surface area (Å²) in [5.41, 5.74) is 4.85. The first-order valence-electron chi connectivity index (χ1n) is 2.97. The number of rotatable bonds is 0. The van der Waals surface area contributed by atoms with E-state index in [0.717, 1.165) is 6.54 Å². The molecule has 0 radical (unpaired) electrons. The molecule has 0 aliphatic heterocycles. The van der Waals surface area contributed by atoms with E-state index in [2.05, 4.69) is 4.98 Å². The molecule has 0 atom stereocenters.